The van der Waals surface area contributed by atoms with Crippen LogP contribution in [0.25, 0.3) is 0 Å². The molecule has 1 aliphatic carbocycles. The minimum atomic E-state index is 0.160. The summed E-state index contributed by atoms with van der Waals surface area (Å²) in [7, 11) is 0. The van der Waals surface area contributed by atoms with Gasteiger partial charge in [-0.2, -0.15) is 0 Å². The van der Waals surface area contributed by atoms with Crippen LogP contribution in [0.5, 0.6) is 0 Å². The summed E-state index contributed by atoms with van der Waals surface area (Å²) in [5.41, 5.74) is 9.44. The molecule has 3 rings (SSSR count). The van der Waals surface area contributed by atoms with E-state index in [0.717, 1.165) is 19.4 Å². The van der Waals surface area contributed by atoms with Crippen molar-refractivity contribution < 1.29 is 4.74 Å². The molecule has 0 bridgehead atoms. The Bertz CT molecular complexity index is 459. The largest absolute Gasteiger partial charge is 0.375 e. The predicted octanol–water partition coefficient (Wildman–Crippen LogP) is 4.55. The van der Waals surface area contributed by atoms with Gasteiger partial charge in [-0.1, -0.05) is 51.0 Å². The molecule has 0 radical (unpaired) electrons. The summed E-state index contributed by atoms with van der Waals surface area (Å²) in [6, 6.07) is 9.11. The lowest BCUT2D eigenvalue weighted by Gasteiger charge is -2.40. The molecule has 0 aromatic heterocycles. The standard InChI is InChI=1S/C19H29NO/c1-14(2)15-5-7-16(8-6-15)18(20)17-9-12-21-19(13-17)10-3-4-11-19/h5-8,14,17-18H,3-4,9-13,20H2,1-2H3. The molecular formula is C19H29NO. The molecule has 1 saturated carbocycles. The molecule has 2 aliphatic rings. The molecule has 0 amide bonds. The van der Waals surface area contributed by atoms with Gasteiger partial charge in [0.15, 0.2) is 0 Å². The number of rotatable bonds is 3. The maximum absolute atomic E-state index is 6.59. The van der Waals surface area contributed by atoms with E-state index in [-0.39, 0.29) is 11.6 Å². The fourth-order valence-electron chi connectivity index (χ4n) is 4.12. The number of hydrogen-bond donors (Lipinski definition) is 1. The third-order valence-corrected chi connectivity index (χ3v) is 5.54. The van der Waals surface area contributed by atoms with Crippen LogP contribution in [0.1, 0.15) is 75.5 Å². The average molecular weight is 287 g/mol. The van der Waals surface area contributed by atoms with Gasteiger partial charge >= 0.3 is 0 Å². The van der Waals surface area contributed by atoms with Gasteiger partial charge in [0.05, 0.1) is 5.60 Å². The third-order valence-electron chi connectivity index (χ3n) is 5.54. The summed E-state index contributed by atoms with van der Waals surface area (Å²) in [4.78, 5) is 0. The highest BCUT2D eigenvalue weighted by Crippen LogP contribution is 2.44. The van der Waals surface area contributed by atoms with Crippen molar-refractivity contribution in [3.63, 3.8) is 0 Å². The molecule has 1 aromatic rings. The quantitative estimate of drug-likeness (QED) is 0.885. The normalized spacial score (nSPS) is 26.4. The van der Waals surface area contributed by atoms with Gasteiger partial charge in [-0.25, -0.2) is 0 Å². The summed E-state index contributed by atoms with van der Waals surface area (Å²) in [6.07, 6.45) is 7.38. The fraction of sp³-hybridized carbons (Fsp3) is 0.684. The Labute approximate surface area is 129 Å². The van der Waals surface area contributed by atoms with Crippen LogP contribution in [0.4, 0.5) is 0 Å². The van der Waals surface area contributed by atoms with E-state index in [1.165, 1.54) is 36.8 Å². The predicted molar refractivity (Wildman–Crippen MR) is 87.3 cm³/mol. The Morgan fingerprint density at radius 2 is 1.71 bits per heavy atom. The van der Waals surface area contributed by atoms with Gasteiger partial charge in [0, 0.05) is 12.6 Å². The van der Waals surface area contributed by atoms with Crippen molar-refractivity contribution in [2.75, 3.05) is 6.61 Å². The van der Waals surface area contributed by atoms with Gasteiger partial charge in [0.1, 0.15) is 0 Å². The second kappa shape index (κ2) is 6.10. The zero-order chi connectivity index (χ0) is 14.9. The minimum absolute atomic E-state index is 0.160. The van der Waals surface area contributed by atoms with Crippen molar-refractivity contribution in [2.24, 2.45) is 11.7 Å². The summed E-state index contributed by atoms with van der Waals surface area (Å²) >= 11 is 0. The van der Waals surface area contributed by atoms with Crippen molar-refractivity contribution in [2.45, 2.75) is 69.9 Å². The van der Waals surface area contributed by atoms with Gasteiger partial charge in [-0.3, -0.25) is 0 Å². The Balaban J connectivity index is 1.70. The molecule has 1 aromatic carbocycles. The van der Waals surface area contributed by atoms with E-state index in [0.29, 0.717) is 11.8 Å². The van der Waals surface area contributed by atoms with Gasteiger partial charge in [-0.15, -0.1) is 0 Å². The van der Waals surface area contributed by atoms with E-state index in [4.69, 9.17) is 10.5 Å². The fourth-order valence-corrected chi connectivity index (χ4v) is 4.12. The van der Waals surface area contributed by atoms with Crippen molar-refractivity contribution in [1.82, 2.24) is 0 Å². The third kappa shape index (κ3) is 3.17. The highest BCUT2D eigenvalue weighted by molar-refractivity contribution is 5.27. The van der Waals surface area contributed by atoms with Crippen LogP contribution < -0.4 is 5.73 Å². The SMILES string of the molecule is CC(C)c1ccc(C(N)C2CCOC3(CCCC3)C2)cc1. The molecule has 1 heterocycles. The van der Waals surface area contributed by atoms with Crippen LogP contribution in [-0.2, 0) is 4.74 Å². The first-order chi connectivity index (χ1) is 10.1. The van der Waals surface area contributed by atoms with E-state index in [9.17, 15) is 0 Å². The molecule has 2 unspecified atom stereocenters. The molecule has 2 heteroatoms. The van der Waals surface area contributed by atoms with E-state index < -0.39 is 0 Å². The number of hydrogen-bond acceptors (Lipinski definition) is 2. The van der Waals surface area contributed by atoms with Crippen LogP contribution in [-0.4, -0.2) is 12.2 Å². The molecule has 116 valence electrons. The second-order valence-corrected chi connectivity index (χ2v) is 7.34. The van der Waals surface area contributed by atoms with Crippen molar-refractivity contribution in [3.8, 4) is 0 Å². The summed E-state index contributed by atoms with van der Waals surface area (Å²) in [5.74, 6) is 1.15. The highest BCUT2D eigenvalue weighted by atomic mass is 16.5. The van der Waals surface area contributed by atoms with Crippen LogP contribution in [0.3, 0.4) is 0 Å². The van der Waals surface area contributed by atoms with Crippen LogP contribution >= 0.6 is 0 Å². The molecule has 21 heavy (non-hydrogen) atoms. The molecule has 2 N–H and O–H groups in total. The Morgan fingerprint density at radius 3 is 2.33 bits per heavy atom. The summed E-state index contributed by atoms with van der Waals surface area (Å²) < 4.78 is 6.14. The zero-order valence-corrected chi connectivity index (χ0v) is 13.5. The van der Waals surface area contributed by atoms with E-state index in [2.05, 4.69) is 38.1 Å². The molecule has 1 aliphatic heterocycles. The Kier molecular flexibility index (Phi) is 4.37. The molecule has 2 fully saturated rings. The monoisotopic (exact) mass is 287 g/mol. The average Bonchev–Trinajstić information content (AvgIpc) is 2.94. The maximum atomic E-state index is 6.59. The van der Waals surface area contributed by atoms with Crippen LogP contribution in [0, 0.1) is 5.92 Å². The molecule has 1 saturated heterocycles. The van der Waals surface area contributed by atoms with Crippen molar-refractivity contribution >= 4 is 0 Å². The molecule has 1 spiro atoms. The van der Waals surface area contributed by atoms with E-state index in [1.54, 1.807) is 0 Å². The smallest absolute Gasteiger partial charge is 0.0685 e. The highest BCUT2D eigenvalue weighted by Gasteiger charge is 2.41. The van der Waals surface area contributed by atoms with Crippen molar-refractivity contribution in [1.29, 1.82) is 0 Å². The first-order valence-corrected chi connectivity index (χ1v) is 8.59. The zero-order valence-electron chi connectivity index (χ0n) is 13.5. The lowest BCUT2D eigenvalue weighted by atomic mass is 9.79. The summed E-state index contributed by atoms with van der Waals surface area (Å²) in [6.45, 7) is 5.36. The van der Waals surface area contributed by atoms with Crippen molar-refractivity contribution in [3.05, 3.63) is 35.4 Å². The Morgan fingerprint density at radius 1 is 1.10 bits per heavy atom. The van der Waals surface area contributed by atoms with Gasteiger partial charge < -0.3 is 10.5 Å². The van der Waals surface area contributed by atoms with E-state index >= 15 is 0 Å². The molecular weight excluding hydrogens is 258 g/mol. The first-order valence-electron chi connectivity index (χ1n) is 8.59. The number of ether oxygens (including phenoxy) is 1. The second-order valence-electron chi connectivity index (χ2n) is 7.34. The van der Waals surface area contributed by atoms with Crippen LogP contribution in [0.15, 0.2) is 24.3 Å². The van der Waals surface area contributed by atoms with Gasteiger partial charge in [-0.05, 0) is 48.6 Å². The summed E-state index contributed by atoms with van der Waals surface area (Å²) in [5, 5.41) is 0. The lowest BCUT2D eigenvalue weighted by molar-refractivity contribution is -0.0963. The van der Waals surface area contributed by atoms with Crippen LogP contribution in [0.2, 0.25) is 0 Å². The van der Waals surface area contributed by atoms with Gasteiger partial charge in [0.25, 0.3) is 0 Å². The molecule has 2 atom stereocenters. The number of benzene rings is 1. The Hall–Kier alpha value is -0.860. The van der Waals surface area contributed by atoms with Gasteiger partial charge in [0.2, 0.25) is 0 Å². The first kappa shape index (κ1) is 15.1. The molecule has 2 nitrogen and oxygen atoms in total. The topological polar surface area (TPSA) is 35.2 Å². The maximum Gasteiger partial charge on any atom is 0.0685 e. The lowest BCUT2D eigenvalue weighted by Crippen LogP contribution is -2.40. The van der Waals surface area contributed by atoms with E-state index in [1.807, 2.05) is 0 Å². The minimum Gasteiger partial charge on any atom is -0.375 e. The number of nitrogens with two attached hydrogens (primary N) is 1.